The van der Waals surface area contributed by atoms with E-state index in [1.807, 2.05) is 6.07 Å². The first kappa shape index (κ1) is 17.5. The van der Waals surface area contributed by atoms with Crippen LogP contribution in [0.3, 0.4) is 0 Å². The lowest BCUT2D eigenvalue weighted by atomic mass is 10.2. The standard InChI is InChI=1S/C18H16ClN9O2/c1-26-15-17(23-25-26)21-8-28(18(15)29)7-13-22-16(24-30-13)14-10-5-27(6-11(10)14)12-4-9(19)2-3-20-12/h2-4,8,10-11,14H,5-7H2,1H3/t10-,11?,14?/m1/s1. The highest BCUT2D eigenvalue weighted by atomic mass is 35.5. The molecule has 3 atom stereocenters. The van der Waals surface area contributed by atoms with E-state index in [4.69, 9.17) is 16.1 Å². The molecule has 1 aliphatic carbocycles. The van der Waals surface area contributed by atoms with Crippen molar-refractivity contribution in [3.05, 3.63) is 51.7 Å². The Morgan fingerprint density at radius 1 is 1.27 bits per heavy atom. The zero-order valence-electron chi connectivity index (χ0n) is 15.9. The molecule has 2 fully saturated rings. The molecule has 4 aromatic rings. The van der Waals surface area contributed by atoms with E-state index in [-0.39, 0.29) is 18.0 Å². The Morgan fingerprint density at radius 3 is 2.90 bits per heavy atom. The number of rotatable bonds is 4. The smallest absolute Gasteiger partial charge is 0.281 e. The number of anilines is 1. The van der Waals surface area contributed by atoms with Crippen molar-refractivity contribution in [3.63, 3.8) is 0 Å². The number of aromatic nitrogens is 8. The van der Waals surface area contributed by atoms with Crippen molar-refractivity contribution >= 4 is 28.6 Å². The average molecular weight is 426 g/mol. The van der Waals surface area contributed by atoms with Gasteiger partial charge in [-0.2, -0.15) is 4.98 Å². The Kier molecular flexibility index (Phi) is 3.69. The molecule has 4 aromatic heterocycles. The minimum Gasteiger partial charge on any atom is -0.356 e. The summed E-state index contributed by atoms with van der Waals surface area (Å²) in [5.41, 5.74) is 0.401. The van der Waals surface area contributed by atoms with Crippen LogP contribution in [0, 0.1) is 11.8 Å². The molecule has 0 aromatic carbocycles. The summed E-state index contributed by atoms with van der Waals surface area (Å²) < 4.78 is 8.24. The molecule has 152 valence electrons. The summed E-state index contributed by atoms with van der Waals surface area (Å²) >= 11 is 6.07. The van der Waals surface area contributed by atoms with Gasteiger partial charge < -0.3 is 9.42 Å². The maximum absolute atomic E-state index is 12.6. The highest BCUT2D eigenvalue weighted by Crippen LogP contribution is 2.57. The van der Waals surface area contributed by atoms with Crippen molar-refractivity contribution in [3.8, 4) is 0 Å². The van der Waals surface area contributed by atoms with Gasteiger partial charge in [-0.15, -0.1) is 5.10 Å². The fourth-order valence-electron chi connectivity index (χ4n) is 4.37. The molecule has 1 saturated heterocycles. The summed E-state index contributed by atoms with van der Waals surface area (Å²) in [7, 11) is 1.65. The van der Waals surface area contributed by atoms with E-state index in [9.17, 15) is 4.79 Å². The summed E-state index contributed by atoms with van der Waals surface area (Å²) in [6.07, 6.45) is 3.14. The van der Waals surface area contributed by atoms with Crippen LogP contribution in [-0.2, 0) is 13.6 Å². The molecule has 1 aliphatic heterocycles. The molecular weight excluding hydrogens is 410 g/mol. The van der Waals surface area contributed by atoms with Gasteiger partial charge in [-0.25, -0.2) is 14.6 Å². The number of halogens is 1. The molecule has 11 nitrogen and oxygen atoms in total. The highest BCUT2D eigenvalue weighted by molar-refractivity contribution is 6.30. The van der Waals surface area contributed by atoms with Gasteiger partial charge in [0.15, 0.2) is 11.3 Å². The van der Waals surface area contributed by atoms with E-state index in [1.165, 1.54) is 15.6 Å². The fraction of sp³-hybridized carbons (Fsp3) is 0.389. The van der Waals surface area contributed by atoms with Gasteiger partial charge in [-0.1, -0.05) is 22.0 Å². The van der Waals surface area contributed by atoms with Crippen LogP contribution in [0.4, 0.5) is 5.82 Å². The number of hydrogen-bond acceptors (Lipinski definition) is 9. The Bertz CT molecular complexity index is 1320. The fourth-order valence-corrected chi connectivity index (χ4v) is 4.52. The third-order valence-electron chi connectivity index (χ3n) is 5.90. The van der Waals surface area contributed by atoms with Crippen LogP contribution >= 0.6 is 11.6 Å². The normalized spacial score (nSPS) is 22.6. The summed E-state index contributed by atoms with van der Waals surface area (Å²) in [6.45, 7) is 1.93. The van der Waals surface area contributed by atoms with Gasteiger partial charge in [-0.3, -0.25) is 9.36 Å². The molecule has 0 amide bonds. The summed E-state index contributed by atoms with van der Waals surface area (Å²) in [5.74, 6) is 3.19. The van der Waals surface area contributed by atoms with E-state index >= 15 is 0 Å². The Morgan fingerprint density at radius 2 is 2.10 bits per heavy atom. The van der Waals surface area contributed by atoms with Crippen LogP contribution in [0.15, 0.2) is 34.0 Å². The number of nitrogens with zero attached hydrogens (tertiary/aromatic N) is 9. The lowest BCUT2D eigenvalue weighted by molar-refractivity contribution is 0.363. The molecule has 0 radical (unpaired) electrons. The third-order valence-corrected chi connectivity index (χ3v) is 6.14. The van der Waals surface area contributed by atoms with Gasteiger partial charge in [0.05, 0.1) is 0 Å². The predicted molar refractivity (Wildman–Crippen MR) is 105 cm³/mol. The van der Waals surface area contributed by atoms with Crippen LogP contribution in [0.25, 0.3) is 11.2 Å². The van der Waals surface area contributed by atoms with Crippen LogP contribution in [-0.4, -0.2) is 52.8 Å². The van der Waals surface area contributed by atoms with Crippen molar-refractivity contribution in [1.29, 1.82) is 0 Å². The number of aryl methyl sites for hydroxylation is 1. The van der Waals surface area contributed by atoms with Gasteiger partial charge in [0, 0.05) is 37.3 Å². The second kappa shape index (κ2) is 6.33. The molecule has 2 unspecified atom stereocenters. The van der Waals surface area contributed by atoms with E-state index in [1.54, 1.807) is 19.3 Å². The van der Waals surface area contributed by atoms with Crippen molar-refractivity contribution in [2.45, 2.75) is 12.5 Å². The van der Waals surface area contributed by atoms with Gasteiger partial charge in [0.25, 0.3) is 5.56 Å². The maximum atomic E-state index is 12.6. The molecule has 2 aliphatic rings. The van der Waals surface area contributed by atoms with Gasteiger partial charge in [0.2, 0.25) is 11.5 Å². The molecule has 1 saturated carbocycles. The zero-order chi connectivity index (χ0) is 20.4. The topological polar surface area (TPSA) is 121 Å². The monoisotopic (exact) mass is 425 g/mol. The minimum atomic E-state index is -0.250. The third kappa shape index (κ3) is 2.69. The van der Waals surface area contributed by atoms with Crippen LogP contribution < -0.4 is 10.5 Å². The summed E-state index contributed by atoms with van der Waals surface area (Å²) in [6, 6.07) is 3.66. The highest BCUT2D eigenvalue weighted by Gasteiger charge is 2.58. The number of fused-ring (bicyclic) bond motifs is 2. The number of piperidine rings is 1. The first-order valence-electron chi connectivity index (χ1n) is 9.52. The second-order valence-electron chi connectivity index (χ2n) is 7.70. The maximum Gasteiger partial charge on any atom is 0.281 e. The molecule has 0 bridgehead atoms. The molecule has 5 heterocycles. The lowest BCUT2D eigenvalue weighted by Crippen LogP contribution is -2.24. The largest absolute Gasteiger partial charge is 0.356 e. The second-order valence-corrected chi connectivity index (χ2v) is 8.14. The van der Waals surface area contributed by atoms with Crippen LogP contribution in [0.5, 0.6) is 0 Å². The summed E-state index contributed by atoms with van der Waals surface area (Å²) in [5, 5.41) is 12.5. The summed E-state index contributed by atoms with van der Waals surface area (Å²) in [4.78, 5) is 28.0. The average Bonchev–Trinajstić information content (AvgIpc) is 3.16. The Balaban J connectivity index is 1.17. The van der Waals surface area contributed by atoms with Gasteiger partial charge >= 0.3 is 0 Å². The molecule has 0 spiro atoms. The molecule has 30 heavy (non-hydrogen) atoms. The van der Waals surface area contributed by atoms with E-state index in [0.717, 1.165) is 18.9 Å². The van der Waals surface area contributed by atoms with Crippen molar-refractivity contribution in [2.24, 2.45) is 18.9 Å². The molecule has 0 N–H and O–H groups in total. The van der Waals surface area contributed by atoms with Gasteiger partial charge in [-0.05, 0) is 24.0 Å². The Hall–Kier alpha value is -3.34. The molecule has 6 rings (SSSR count). The minimum absolute atomic E-state index is 0.153. The van der Waals surface area contributed by atoms with E-state index < -0.39 is 0 Å². The zero-order valence-corrected chi connectivity index (χ0v) is 16.6. The SMILES string of the molecule is Cn1nnc2ncn(Cc3nc(C4C5CN(c6cc(Cl)ccn6)C[C@H]54)no3)c(=O)c21. The van der Waals surface area contributed by atoms with Crippen molar-refractivity contribution < 1.29 is 4.52 Å². The van der Waals surface area contributed by atoms with E-state index in [2.05, 4.69) is 35.3 Å². The van der Waals surface area contributed by atoms with Crippen LogP contribution in [0.1, 0.15) is 17.6 Å². The van der Waals surface area contributed by atoms with Crippen molar-refractivity contribution in [1.82, 2.24) is 39.7 Å². The first-order valence-corrected chi connectivity index (χ1v) is 9.90. The Labute approximate surface area is 174 Å². The number of hydrogen-bond donors (Lipinski definition) is 0. The van der Waals surface area contributed by atoms with Gasteiger partial charge in [0.1, 0.15) is 18.7 Å². The number of pyridine rings is 1. The van der Waals surface area contributed by atoms with Crippen molar-refractivity contribution in [2.75, 3.05) is 18.0 Å². The lowest BCUT2D eigenvalue weighted by Gasteiger charge is -2.20. The predicted octanol–water partition coefficient (Wildman–Crippen LogP) is 0.854. The molecule has 12 heteroatoms. The quantitative estimate of drug-likeness (QED) is 0.468. The molecular formula is C18H16ClN9O2. The first-order chi connectivity index (χ1) is 14.6. The van der Waals surface area contributed by atoms with E-state index in [0.29, 0.717) is 39.7 Å². The van der Waals surface area contributed by atoms with Crippen LogP contribution in [0.2, 0.25) is 5.02 Å².